The Morgan fingerprint density at radius 2 is 2.28 bits per heavy atom. The van der Waals surface area contributed by atoms with Gasteiger partial charge in [0.1, 0.15) is 5.75 Å². The van der Waals surface area contributed by atoms with Crippen molar-refractivity contribution in [1.82, 2.24) is 5.32 Å². The van der Waals surface area contributed by atoms with Gasteiger partial charge in [-0.2, -0.15) is 0 Å². The van der Waals surface area contributed by atoms with Crippen molar-refractivity contribution in [2.45, 2.75) is 25.8 Å². The van der Waals surface area contributed by atoms with Crippen LogP contribution in [-0.2, 0) is 0 Å². The Hall–Kier alpha value is -1.26. The third-order valence-corrected chi connectivity index (χ3v) is 2.90. The van der Waals surface area contributed by atoms with Gasteiger partial charge in [-0.25, -0.2) is 0 Å². The maximum atomic E-state index is 12.1. The predicted octanol–water partition coefficient (Wildman–Crippen LogP) is 2.21. The summed E-state index contributed by atoms with van der Waals surface area (Å²) < 4.78 is 5.15. The first-order valence-electron chi connectivity index (χ1n) is 5.96. The van der Waals surface area contributed by atoms with Crippen LogP contribution in [0.1, 0.15) is 30.1 Å². The monoisotopic (exact) mass is 270 g/mol. The highest BCUT2D eigenvalue weighted by molar-refractivity contribution is 6.30. The number of nitrogens with one attached hydrogen (secondary N) is 1. The normalized spacial score (nSPS) is 12.0. The van der Waals surface area contributed by atoms with Gasteiger partial charge in [-0.1, -0.05) is 24.9 Å². The number of hydrogen-bond donors (Lipinski definition) is 2. The molecule has 0 spiro atoms. The van der Waals surface area contributed by atoms with Crippen molar-refractivity contribution in [1.29, 1.82) is 0 Å². The van der Waals surface area contributed by atoms with Gasteiger partial charge in [0, 0.05) is 17.6 Å². The van der Waals surface area contributed by atoms with Gasteiger partial charge in [0.2, 0.25) is 0 Å². The van der Waals surface area contributed by atoms with E-state index in [9.17, 15) is 4.79 Å². The van der Waals surface area contributed by atoms with Crippen molar-refractivity contribution in [3.05, 3.63) is 28.8 Å². The number of carbonyl (C=O) groups is 1. The van der Waals surface area contributed by atoms with Crippen molar-refractivity contribution in [3.63, 3.8) is 0 Å². The van der Waals surface area contributed by atoms with Gasteiger partial charge in [-0.3, -0.25) is 4.79 Å². The highest BCUT2D eigenvalue weighted by Crippen LogP contribution is 2.23. The summed E-state index contributed by atoms with van der Waals surface area (Å²) in [5.74, 6) is 0.277. The Balaban J connectivity index is 2.83. The standard InChI is InChI=1S/C13H19ClN2O2/c1-3-4-10(8-15)16-13(17)11-6-5-9(14)7-12(11)18-2/h5-7,10H,3-4,8,15H2,1-2H3,(H,16,17). The fourth-order valence-electron chi connectivity index (χ4n) is 1.71. The van der Waals surface area contributed by atoms with E-state index >= 15 is 0 Å². The van der Waals surface area contributed by atoms with E-state index in [-0.39, 0.29) is 11.9 Å². The molecule has 0 saturated heterocycles. The number of amides is 1. The third-order valence-electron chi connectivity index (χ3n) is 2.67. The molecule has 4 nitrogen and oxygen atoms in total. The van der Waals surface area contributed by atoms with E-state index in [0.29, 0.717) is 22.9 Å². The molecule has 0 bridgehead atoms. The first-order valence-corrected chi connectivity index (χ1v) is 6.34. The molecule has 1 aromatic carbocycles. The van der Waals surface area contributed by atoms with Gasteiger partial charge in [0.25, 0.3) is 5.91 Å². The number of carbonyl (C=O) groups excluding carboxylic acids is 1. The van der Waals surface area contributed by atoms with Crippen molar-refractivity contribution in [3.8, 4) is 5.75 Å². The zero-order chi connectivity index (χ0) is 13.5. The quantitative estimate of drug-likeness (QED) is 0.833. The van der Waals surface area contributed by atoms with E-state index in [1.54, 1.807) is 18.2 Å². The number of nitrogens with two attached hydrogens (primary N) is 1. The fourth-order valence-corrected chi connectivity index (χ4v) is 1.88. The van der Waals surface area contributed by atoms with E-state index in [1.807, 2.05) is 0 Å². The Kier molecular flexibility index (Phi) is 5.95. The van der Waals surface area contributed by atoms with Gasteiger partial charge in [-0.15, -0.1) is 0 Å². The zero-order valence-electron chi connectivity index (χ0n) is 10.7. The van der Waals surface area contributed by atoms with Crippen LogP contribution in [-0.4, -0.2) is 25.6 Å². The van der Waals surface area contributed by atoms with Gasteiger partial charge >= 0.3 is 0 Å². The molecule has 0 fully saturated rings. The number of hydrogen-bond acceptors (Lipinski definition) is 3. The summed E-state index contributed by atoms with van der Waals surface area (Å²) in [5.41, 5.74) is 6.08. The summed E-state index contributed by atoms with van der Waals surface area (Å²) in [6.07, 6.45) is 1.83. The largest absolute Gasteiger partial charge is 0.496 e. The summed E-state index contributed by atoms with van der Waals surface area (Å²) in [5, 5.41) is 3.43. The zero-order valence-corrected chi connectivity index (χ0v) is 11.5. The highest BCUT2D eigenvalue weighted by Gasteiger charge is 2.15. The van der Waals surface area contributed by atoms with Crippen LogP contribution in [0.3, 0.4) is 0 Å². The minimum absolute atomic E-state index is 0.0112. The topological polar surface area (TPSA) is 64.3 Å². The van der Waals surface area contributed by atoms with Gasteiger partial charge in [0.15, 0.2) is 0 Å². The smallest absolute Gasteiger partial charge is 0.255 e. The molecule has 0 radical (unpaired) electrons. The van der Waals surface area contributed by atoms with Gasteiger partial charge in [0.05, 0.1) is 12.7 Å². The molecule has 0 aliphatic rings. The van der Waals surface area contributed by atoms with Crippen LogP contribution in [0.2, 0.25) is 5.02 Å². The number of methoxy groups -OCH3 is 1. The molecule has 1 unspecified atom stereocenters. The molecule has 3 N–H and O–H groups in total. The van der Waals surface area contributed by atoms with E-state index < -0.39 is 0 Å². The first-order chi connectivity index (χ1) is 8.62. The van der Waals surface area contributed by atoms with Crippen LogP contribution in [0.4, 0.5) is 0 Å². The maximum absolute atomic E-state index is 12.1. The molecule has 0 aromatic heterocycles. The number of rotatable bonds is 6. The molecule has 18 heavy (non-hydrogen) atoms. The van der Waals surface area contributed by atoms with E-state index in [1.165, 1.54) is 7.11 Å². The second-order valence-corrected chi connectivity index (χ2v) is 4.48. The van der Waals surface area contributed by atoms with E-state index in [4.69, 9.17) is 22.1 Å². The Bertz CT molecular complexity index is 410. The Morgan fingerprint density at radius 1 is 1.56 bits per heavy atom. The van der Waals surface area contributed by atoms with Crippen molar-refractivity contribution in [2.24, 2.45) is 5.73 Å². The molecule has 1 amide bonds. The summed E-state index contributed by atoms with van der Waals surface area (Å²) in [6, 6.07) is 4.92. The Morgan fingerprint density at radius 3 is 2.83 bits per heavy atom. The number of ether oxygens (including phenoxy) is 1. The summed E-state index contributed by atoms with van der Waals surface area (Å²) in [7, 11) is 1.51. The summed E-state index contributed by atoms with van der Waals surface area (Å²) in [4.78, 5) is 12.1. The molecule has 100 valence electrons. The second kappa shape index (κ2) is 7.24. The van der Waals surface area contributed by atoms with E-state index in [0.717, 1.165) is 12.8 Å². The fraction of sp³-hybridized carbons (Fsp3) is 0.462. The van der Waals surface area contributed by atoms with E-state index in [2.05, 4.69) is 12.2 Å². The maximum Gasteiger partial charge on any atom is 0.255 e. The molecular weight excluding hydrogens is 252 g/mol. The predicted molar refractivity (Wildman–Crippen MR) is 73.2 cm³/mol. The molecule has 1 atom stereocenters. The summed E-state index contributed by atoms with van der Waals surface area (Å²) >= 11 is 5.85. The van der Waals surface area contributed by atoms with Crippen molar-refractivity contribution >= 4 is 17.5 Å². The summed E-state index contributed by atoms with van der Waals surface area (Å²) in [6.45, 7) is 2.48. The molecule has 0 heterocycles. The Labute approximate surface area is 112 Å². The van der Waals surface area contributed by atoms with Crippen LogP contribution in [0, 0.1) is 0 Å². The van der Waals surface area contributed by atoms with Crippen molar-refractivity contribution in [2.75, 3.05) is 13.7 Å². The third kappa shape index (κ3) is 3.89. The average molecular weight is 271 g/mol. The highest BCUT2D eigenvalue weighted by atomic mass is 35.5. The average Bonchev–Trinajstić information content (AvgIpc) is 2.37. The molecule has 0 saturated carbocycles. The number of halogens is 1. The first kappa shape index (κ1) is 14.8. The molecule has 1 rings (SSSR count). The molecule has 0 aliphatic carbocycles. The number of benzene rings is 1. The van der Waals surface area contributed by atoms with Crippen molar-refractivity contribution < 1.29 is 9.53 Å². The van der Waals surface area contributed by atoms with Crippen LogP contribution >= 0.6 is 11.6 Å². The van der Waals surface area contributed by atoms with Crippen LogP contribution < -0.4 is 15.8 Å². The molecule has 1 aromatic rings. The molecule has 0 aliphatic heterocycles. The second-order valence-electron chi connectivity index (χ2n) is 4.04. The van der Waals surface area contributed by atoms with Crippen LogP contribution in [0.15, 0.2) is 18.2 Å². The van der Waals surface area contributed by atoms with Crippen LogP contribution in [0.5, 0.6) is 5.75 Å². The molecular formula is C13H19ClN2O2. The lowest BCUT2D eigenvalue weighted by Gasteiger charge is -2.17. The lowest BCUT2D eigenvalue weighted by Crippen LogP contribution is -2.40. The lowest BCUT2D eigenvalue weighted by atomic mass is 10.1. The SMILES string of the molecule is CCCC(CN)NC(=O)c1ccc(Cl)cc1OC. The van der Waals surface area contributed by atoms with Crippen LogP contribution in [0.25, 0.3) is 0 Å². The minimum atomic E-state index is -0.188. The minimum Gasteiger partial charge on any atom is -0.496 e. The van der Waals surface area contributed by atoms with Gasteiger partial charge < -0.3 is 15.8 Å². The van der Waals surface area contributed by atoms with Gasteiger partial charge in [-0.05, 0) is 24.6 Å². The lowest BCUT2D eigenvalue weighted by molar-refractivity contribution is 0.0933. The molecule has 5 heteroatoms.